The first-order valence-corrected chi connectivity index (χ1v) is 10.6. The van der Waals surface area contributed by atoms with E-state index >= 15 is 0 Å². The Hall–Kier alpha value is -2.63. The zero-order chi connectivity index (χ0) is 20.8. The van der Waals surface area contributed by atoms with E-state index in [4.69, 9.17) is 4.74 Å². The molecule has 0 aliphatic carbocycles. The van der Waals surface area contributed by atoms with E-state index in [2.05, 4.69) is 28.7 Å². The van der Waals surface area contributed by atoms with Crippen molar-refractivity contribution in [2.75, 3.05) is 37.7 Å². The first-order valence-electron chi connectivity index (χ1n) is 10.6. The van der Waals surface area contributed by atoms with Crippen molar-refractivity contribution in [1.29, 1.82) is 0 Å². The monoisotopic (exact) mass is 396 g/mol. The molecule has 1 aliphatic rings. The second kappa shape index (κ2) is 9.72. The lowest BCUT2D eigenvalue weighted by atomic mass is 10.2. The van der Waals surface area contributed by atoms with Crippen LogP contribution in [0.5, 0.6) is 5.75 Å². The molecule has 6 heteroatoms. The van der Waals surface area contributed by atoms with Crippen LogP contribution in [-0.2, 0) is 0 Å². The number of hydrogen-bond donors (Lipinski definition) is 0. The van der Waals surface area contributed by atoms with Crippen LogP contribution in [0.1, 0.15) is 53.6 Å². The minimum atomic E-state index is 0.0822. The number of carbonyl (C=O) groups is 1. The van der Waals surface area contributed by atoms with Crippen LogP contribution in [-0.4, -0.2) is 53.6 Å². The number of aryl methyl sites for hydroxylation is 2. The fourth-order valence-electron chi connectivity index (χ4n) is 3.60. The molecule has 2 aromatic rings. The van der Waals surface area contributed by atoms with E-state index in [0.29, 0.717) is 18.7 Å². The van der Waals surface area contributed by atoms with E-state index in [-0.39, 0.29) is 5.91 Å². The van der Waals surface area contributed by atoms with Gasteiger partial charge in [-0.25, -0.2) is 9.97 Å². The van der Waals surface area contributed by atoms with Gasteiger partial charge < -0.3 is 14.5 Å². The minimum Gasteiger partial charge on any atom is -0.494 e. The molecule has 0 spiro atoms. The minimum absolute atomic E-state index is 0.0822. The van der Waals surface area contributed by atoms with Crippen LogP contribution in [0.3, 0.4) is 0 Å². The average Bonchev–Trinajstić information content (AvgIpc) is 2.97. The molecule has 1 amide bonds. The molecule has 2 heterocycles. The highest BCUT2D eigenvalue weighted by molar-refractivity contribution is 5.94. The Kier molecular flexibility index (Phi) is 7.07. The second-order valence-electron chi connectivity index (χ2n) is 7.66. The van der Waals surface area contributed by atoms with Crippen LogP contribution in [0.2, 0.25) is 0 Å². The molecule has 1 fully saturated rings. The smallest absolute Gasteiger partial charge is 0.253 e. The van der Waals surface area contributed by atoms with Crippen LogP contribution < -0.4 is 9.64 Å². The van der Waals surface area contributed by atoms with E-state index in [1.165, 1.54) is 0 Å². The molecule has 1 saturated heterocycles. The lowest BCUT2D eigenvalue weighted by molar-refractivity contribution is 0.0767. The SMILES string of the molecule is CCCCOc1ccc(C(=O)N2CCCN(c3nc(C)nc(C)c3C)CC2)cc1. The second-order valence-corrected chi connectivity index (χ2v) is 7.66. The van der Waals surface area contributed by atoms with Crippen LogP contribution in [0, 0.1) is 20.8 Å². The largest absolute Gasteiger partial charge is 0.494 e. The van der Waals surface area contributed by atoms with Gasteiger partial charge >= 0.3 is 0 Å². The van der Waals surface area contributed by atoms with Crippen LogP contribution in [0.15, 0.2) is 24.3 Å². The molecule has 29 heavy (non-hydrogen) atoms. The molecular formula is C23H32N4O2. The van der Waals surface area contributed by atoms with Crippen molar-refractivity contribution in [2.24, 2.45) is 0 Å². The summed E-state index contributed by atoms with van der Waals surface area (Å²) in [5.74, 6) is 2.69. The van der Waals surface area contributed by atoms with Gasteiger partial charge in [0, 0.05) is 43.0 Å². The Morgan fingerprint density at radius 3 is 2.52 bits per heavy atom. The lowest BCUT2D eigenvalue weighted by Gasteiger charge is -2.25. The molecule has 1 aromatic carbocycles. The maximum atomic E-state index is 13.0. The van der Waals surface area contributed by atoms with Crippen molar-refractivity contribution in [3.05, 3.63) is 46.9 Å². The fraction of sp³-hybridized carbons (Fsp3) is 0.522. The number of nitrogens with zero attached hydrogens (tertiary/aromatic N) is 4. The zero-order valence-electron chi connectivity index (χ0n) is 18.1. The Labute approximate surface area is 173 Å². The fourth-order valence-corrected chi connectivity index (χ4v) is 3.60. The van der Waals surface area contributed by atoms with E-state index in [0.717, 1.165) is 67.5 Å². The highest BCUT2D eigenvalue weighted by Gasteiger charge is 2.22. The summed E-state index contributed by atoms with van der Waals surface area (Å²) in [7, 11) is 0. The van der Waals surface area contributed by atoms with E-state index in [1.54, 1.807) is 0 Å². The third-order valence-electron chi connectivity index (χ3n) is 5.43. The number of amides is 1. The third-order valence-corrected chi connectivity index (χ3v) is 5.43. The van der Waals surface area contributed by atoms with Crippen LogP contribution >= 0.6 is 0 Å². The van der Waals surface area contributed by atoms with Crippen molar-refractivity contribution in [3.8, 4) is 5.75 Å². The van der Waals surface area contributed by atoms with E-state index < -0.39 is 0 Å². The van der Waals surface area contributed by atoms with Crippen molar-refractivity contribution < 1.29 is 9.53 Å². The highest BCUT2D eigenvalue weighted by Crippen LogP contribution is 2.22. The Balaban J connectivity index is 1.64. The summed E-state index contributed by atoms with van der Waals surface area (Å²) < 4.78 is 5.70. The Bertz CT molecular complexity index is 836. The third kappa shape index (κ3) is 5.25. The Morgan fingerprint density at radius 2 is 1.79 bits per heavy atom. The number of carbonyl (C=O) groups excluding carboxylic acids is 1. The van der Waals surface area contributed by atoms with Gasteiger partial charge in [-0.05, 0) is 57.9 Å². The summed E-state index contributed by atoms with van der Waals surface area (Å²) in [4.78, 5) is 26.3. The first-order chi connectivity index (χ1) is 14.0. The number of benzene rings is 1. The van der Waals surface area contributed by atoms with Gasteiger partial charge in [0.1, 0.15) is 17.4 Å². The molecule has 0 bridgehead atoms. The number of ether oxygens (including phenoxy) is 1. The summed E-state index contributed by atoms with van der Waals surface area (Å²) in [6.45, 7) is 12.0. The van der Waals surface area contributed by atoms with Gasteiger partial charge in [-0.1, -0.05) is 13.3 Å². The summed E-state index contributed by atoms with van der Waals surface area (Å²) in [6, 6.07) is 7.52. The van der Waals surface area contributed by atoms with Gasteiger partial charge in [0.15, 0.2) is 0 Å². The molecule has 0 radical (unpaired) electrons. The maximum Gasteiger partial charge on any atom is 0.253 e. The lowest BCUT2D eigenvalue weighted by Crippen LogP contribution is -2.35. The Morgan fingerprint density at radius 1 is 1.03 bits per heavy atom. The van der Waals surface area contributed by atoms with Crippen LogP contribution in [0.4, 0.5) is 5.82 Å². The zero-order valence-corrected chi connectivity index (χ0v) is 18.1. The summed E-state index contributed by atoms with van der Waals surface area (Å²) in [6.07, 6.45) is 3.07. The summed E-state index contributed by atoms with van der Waals surface area (Å²) in [5, 5.41) is 0. The molecule has 1 aliphatic heterocycles. The number of anilines is 1. The predicted octanol–water partition coefficient (Wildman–Crippen LogP) is 3.93. The molecular weight excluding hydrogens is 364 g/mol. The summed E-state index contributed by atoms with van der Waals surface area (Å²) >= 11 is 0. The molecule has 3 rings (SSSR count). The van der Waals surface area contributed by atoms with Gasteiger partial charge in [0.25, 0.3) is 5.91 Å². The molecule has 6 nitrogen and oxygen atoms in total. The normalized spacial score (nSPS) is 14.6. The van der Waals surface area contributed by atoms with Gasteiger partial charge in [0.2, 0.25) is 0 Å². The van der Waals surface area contributed by atoms with E-state index in [9.17, 15) is 4.79 Å². The number of unbranched alkanes of at least 4 members (excludes halogenated alkanes) is 1. The molecule has 0 atom stereocenters. The first kappa shape index (κ1) is 21.1. The maximum absolute atomic E-state index is 13.0. The predicted molar refractivity (Wildman–Crippen MR) is 116 cm³/mol. The topological polar surface area (TPSA) is 58.6 Å². The number of rotatable bonds is 6. The van der Waals surface area contributed by atoms with Gasteiger partial charge in [-0.2, -0.15) is 0 Å². The number of hydrogen-bond acceptors (Lipinski definition) is 5. The summed E-state index contributed by atoms with van der Waals surface area (Å²) in [5.41, 5.74) is 2.85. The van der Waals surface area contributed by atoms with Crippen molar-refractivity contribution >= 4 is 11.7 Å². The van der Waals surface area contributed by atoms with Crippen molar-refractivity contribution in [2.45, 2.75) is 47.0 Å². The molecule has 0 saturated carbocycles. The van der Waals surface area contributed by atoms with E-state index in [1.807, 2.05) is 43.0 Å². The van der Waals surface area contributed by atoms with Gasteiger partial charge in [0.05, 0.1) is 6.61 Å². The molecule has 0 N–H and O–H groups in total. The molecule has 0 unspecified atom stereocenters. The van der Waals surface area contributed by atoms with Gasteiger partial charge in [-0.3, -0.25) is 4.79 Å². The van der Waals surface area contributed by atoms with Gasteiger partial charge in [-0.15, -0.1) is 0 Å². The average molecular weight is 397 g/mol. The van der Waals surface area contributed by atoms with Crippen molar-refractivity contribution in [3.63, 3.8) is 0 Å². The quantitative estimate of drug-likeness (QED) is 0.693. The highest BCUT2D eigenvalue weighted by atomic mass is 16.5. The number of aromatic nitrogens is 2. The van der Waals surface area contributed by atoms with Crippen LogP contribution in [0.25, 0.3) is 0 Å². The molecule has 1 aromatic heterocycles. The van der Waals surface area contributed by atoms with Crippen molar-refractivity contribution in [1.82, 2.24) is 14.9 Å². The standard InChI is InChI=1S/C23H32N4O2/c1-5-6-16-29-21-10-8-20(9-11-21)23(28)27-13-7-12-26(14-15-27)22-17(2)18(3)24-19(4)25-22/h8-11H,5-7,12-16H2,1-4H3. The molecule has 156 valence electrons.